The monoisotopic (exact) mass is 266 g/mol. The Kier molecular flexibility index (Phi) is 5.19. The Labute approximate surface area is 114 Å². The highest BCUT2D eigenvalue weighted by Gasteiger charge is 2.18. The number of quaternary nitrogens is 1. The highest BCUT2D eigenvalue weighted by Crippen LogP contribution is 2.18. The average molecular weight is 266 g/mol. The third-order valence-corrected chi connectivity index (χ3v) is 3.49. The number of rotatable bonds is 5. The first kappa shape index (κ1) is 14.3. The molecule has 1 aliphatic rings. The molecule has 4 heteroatoms. The van der Waals surface area contributed by atoms with Crippen molar-refractivity contribution in [2.45, 2.75) is 20.0 Å². The molecule has 1 heterocycles. The molecule has 1 aromatic carbocycles. The molecule has 0 aliphatic carbocycles. The van der Waals surface area contributed by atoms with E-state index in [2.05, 4.69) is 13.0 Å². The van der Waals surface area contributed by atoms with Crippen LogP contribution in [0.5, 0.6) is 5.75 Å². The van der Waals surface area contributed by atoms with Gasteiger partial charge in [-0.25, -0.2) is 0 Å². The second-order valence-electron chi connectivity index (χ2n) is 5.30. The second kappa shape index (κ2) is 6.89. The van der Waals surface area contributed by atoms with Gasteiger partial charge in [0, 0.05) is 0 Å². The van der Waals surface area contributed by atoms with Gasteiger partial charge in [-0.05, 0) is 25.5 Å². The van der Waals surface area contributed by atoms with E-state index < -0.39 is 6.10 Å². The second-order valence-corrected chi connectivity index (χ2v) is 5.30. The number of morpholine rings is 1. The maximum absolute atomic E-state index is 10.0. The minimum atomic E-state index is -0.422. The highest BCUT2D eigenvalue weighted by molar-refractivity contribution is 5.35. The van der Waals surface area contributed by atoms with Gasteiger partial charge < -0.3 is 19.5 Å². The molecule has 0 radical (unpaired) electrons. The molecule has 2 N–H and O–H groups in total. The first-order chi connectivity index (χ1) is 9.15. The number of hydrogen-bond acceptors (Lipinski definition) is 3. The first-order valence-corrected chi connectivity index (χ1v) is 6.94. The van der Waals surface area contributed by atoms with Crippen LogP contribution in [0.4, 0.5) is 0 Å². The van der Waals surface area contributed by atoms with Crippen LogP contribution in [0.15, 0.2) is 18.2 Å². The van der Waals surface area contributed by atoms with Crippen molar-refractivity contribution in [3.63, 3.8) is 0 Å². The molecule has 19 heavy (non-hydrogen) atoms. The molecule has 0 saturated carbocycles. The number of benzene rings is 1. The minimum absolute atomic E-state index is 0.355. The zero-order chi connectivity index (χ0) is 13.7. The normalized spacial score (nSPS) is 18.3. The SMILES string of the molecule is Cc1ccc(OC[C@H](O)C[NH+]2CCOCC2)c(C)c1. The summed E-state index contributed by atoms with van der Waals surface area (Å²) >= 11 is 0. The number of aliphatic hydroxyl groups excluding tert-OH is 1. The topological polar surface area (TPSA) is 43.1 Å². The van der Waals surface area contributed by atoms with E-state index in [9.17, 15) is 5.11 Å². The molecule has 106 valence electrons. The molecule has 0 bridgehead atoms. The molecule has 4 nitrogen and oxygen atoms in total. The van der Waals surface area contributed by atoms with Gasteiger partial charge in [-0.1, -0.05) is 17.7 Å². The van der Waals surface area contributed by atoms with Crippen molar-refractivity contribution in [1.29, 1.82) is 0 Å². The van der Waals surface area contributed by atoms with Gasteiger partial charge in [-0.2, -0.15) is 0 Å². The Morgan fingerprint density at radius 3 is 2.74 bits per heavy atom. The van der Waals surface area contributed by atoms with Gasteiger partial charge in [-0.3, -0.25) is 0 Å². The van der Waals surface area contributed by atoms with Crippen molar-refractivity contribution in [2.75, 3.05) is 39.5 Å². The van der Waals surface area contributed by atoms with Gasteiger partial charge >= 0.3 is 0 Å². The fourth-order valence-corrected chi connectivity index (χ4v) is 2.40. The van der Waals surface area contributed by atoms with Crippen molar-refractivity contribution in [3.05, 3.63) is 29.3 Å². The number of nitrogens with one attached hydrogen (secondary N) is 1. The summed E-state index contributed by atoms with van der Waals surface area (Å²) in [6.45, 7) is 8.71. The fourth-order valence-electron chi connectivity index (χ4n) is 2.40. The van der Waals surface area contributed by atoms with Crippen LogP contribution in [0.25, 0.3) is 0 Å². The van der Waals surface area contributed by atoms with Crippen LogP contribution in [0.1, 0.15) is 11.1 Å². The van der Waals surface area contributed by atoms with Crippen molar-refractivity contribution < 1.29 is 19.5 Å². The Morgan fingerprint density at radius 1 is 1.32 bits per heavy atom. The largest absolute Gasteiger partial charge is 0.490 e. The maximum atomic E-state index is 10.0. The number of hydrogen-bond donors (Lipinski definition) is 2. The Bertz CT molecular complexity index is 402. The Hall–Kier alpha value is -1.10. The van der Waals surface area contributed by atoms with Crippen molar-refractivity contribution >= 4 is 0 Å². The van der Waals surface area contributed by atoms with Crippen LogP contribution in [-0.4, -0.2) is 50.7 Å². The van der Waals surface area contributed by atoms with Crippen LogP contribution in [0, 0.1) is 13.8 Å². The first-order valence-electron chi connectivity index (χ1n) is 6.94. The standard InChI is InChI=1S/C15H23NO3/c1-12-3-4-15(13(2)9-12)19-11-14(17)10-16-5-7-18-8-6-16/h3-4,9,14,17H,5-8,10-11H2,1-2H3/p+1/t14-/m1/s1. The van der Waals surface area contributed by atoms with Gasteiger partial charge in [-0.15, -0.1) is 0 Å². The molecule has 1 aromatic rings. The molecule has 1 saturated heterocycles. The summed E-state index contributed by atoms with van der Waals surface area (Å²) in [7, 11) is 0. The predicted molar refractivity (Wildman–Crippen MR) is 73.8 cm³/mol. The van der Waals surface area contributed by atoms with Crippen LogP contribution in [-0.2, 0) is 4.74 Å². The van der Waals surface area contributed by atoms with Crippen molar-refractivity contribution in [3.8, 4) is 5.75 Å². The molecule has 0 spiro atoms. The highest BCUT2D eigenvalue weighted by atomic mass is 16.5. The Morgan fingerprint density at radius 2 is 2.05 bits per heavy atom. The van der Waals surface area contributed by atoms with Gasteiger partial charge in [0.1, 0.15) is 38.1 Å². The maximum Gasteiger partial charge on any atom is 0.137 e. The summed E-state index contributed by atoms with van der Waals surface area (Å²) in [5.41, 5.74) is 2.34. The molecule has 0 amide bonds. The van der Waals surface area contributed by atoms with Crippen LogP contribution < -0.4 is 9.64 Å². The average Bonchev–Trinajstić information content (AvgIpc) is 2.39. The zero-order valence-corrected chi connectivity index (χ0v) is 11.8. The molecule has 0 unspecified atom stereocenters. The van der Waals surface area contributed by atoms with E-state index >= 15 is 0 Å². The van der Waals surface area contributed by atoms with Crippen LogP contribution in [0.3, 0.4) is 0 Å². The molecular formula is C15H24NO3+. The van der Waals surface area contributed by atoms with E-state index in [4.69, 9.17) is 9.47 Å². The number of aryl methyl sites for hydroxylation is 2. The molecule has 1 fully saturated rings. The van der Waals surface area contributed by atoms with E-state index in [-0.39, 0.29) is 0 Å². The van der Waals surface area contributed by atoms with E-state index in [1.807, 2.05) is 19.1 Å². The molecular weight excluding hydrogens is 242 g/mol. The summed E-state index contributed by atoms with van der Waals surface area (Å²) in [4.78, 5) is 1.39. The minimum Gasteiger partial charge on any atom is -0.490 e. The summed E-state index contributed by atoms with van der Waals surface area (Å²) in [6.07, 6.45) is -0.422. The molecule has 2 rings (SSSR count). The molecule has 1 aliphatic heterocycles. The lowest BCUT2D eigenvalue weighted by atomic mass is 10.1. The molecule has 0 aromatic heterocycles. The van der Waals surface area contributed by atoms with Crippen LogP contribution >= 0.6 is 0 Å². The van der Waals surface area contributed by atoms with Gasteiger partial charge in [0.15, 0.2) is 0 Å². The zero-order valence-electron chi connectivity index (χ0n) is 11.8. The van der Waals surface area contributed by atoms with E-state index in [0.29, 0.717) is 6.61 Å². The quantitative estimate of drug-likeness (QED) is 0.786. The molecule has 1 atom stereocenters. The lowest BCUT2D eigenvalue weighted by Gasteiger charge is -2.25. The third kappa shape index (κ3) is 4.49. The summed E-state index contributed by atoms with van der Waals surface area (Å²) in [6, 6.07) is 6.09. The number of ether oxygens (including phenoxy) is 2. The third-order valence-electron chi connectivity index (χ3n) is 3.49. The van der Waals surface area contributed by atoms with Crippen LogP contribution in [0.2, 0.25) is 0 Å². The summed E-state index contributed by atoms with van der Waals surface area (Å²) in [5.74, 6) is 0.863. The Balaban J connectivity index is 1.77. The summed E-state index contributed by atoms with van der Waals surface area (Å²) < 4.78 is 11.0. The van der Waals surface area contributed by atoms with Gasteiger partial charge in [0.05, 0.1) is 13.2 Å². The van der Waals surface area contributed by atoms with E-state index in [0.717, 1.165) is 44.2 Å². The number of aliphatic hydroxyl groups is 1. The van der Waals surface area contributed by atoms with Crippen molar-refractivity contribution in [2.24, 2.45) is 0 Å². The summed E-state index contributed by atoms with van der Waals surface area (Å²) in [5, 5.41) is 10.0. The van der Waals surface area contributed by atoms with Gasteiger partial charge in [0.25, 0.3) is 0 Å². The predicted octanol–water partition coefficient (Wildman–Crippen LogP) is -0.0418. The van der Waals surface area contributed by atoms with E-state index in [1.165, 1.54) is 10.5 Å². The van der Waals surface area contributed by atoms with Crippen molar-refractivity contribution in [1.82, 2.24) is 0 Å². The fraction of sp³-hybridized carbons (Fsp3) is 0.600. The van der Waals surface area contributed by atoms with E-state index in [1.54, 1.807) is 0 Å². The smallest absolute Gasteiger partial charge is 0.137 e. The van der Waals surface area contributed by atoms with Gasteiger partial charge in [0.2, 0.25) is 0 Å². The lowest BCUT2D eigenvalue weighted by molar-refractivity contribution is -0.911. The lowest BCUT2D eigenvalue weighted by Crippen LogP contribution is -3.15.